The van der Waals surface area contributed by atoms with E-state index >= 15 is 0 Å². The van der Waals surface area contributed by atoms with Gasteiger partial charge in [0.05, 0.1) is 27.4 Å². The van der Waals surface area contributed by atoms with Crippen LogP contribution in [-0.2, 0) is 34.1 Å². The van der Waals surface area contributed by atoms with Crippen molar-refractivity contribution in [1.29, 1.82) is 0 Å². The number of fused-ring (bicyclic) bond motifs is 3. The Bertz CT molecular complexity index is 1600. The molecular formula is C26H22Br2N4O4S. The molecule has 37 heavy (non-hydrogen) atoms. The van der Waals surface area contributed by atoms with Crippen LogP contribution in [0, 0.1) is 0 Å². The van der Waals surface area contributed by atoms with E-state index in [0.717, 1.165) is 26.9 Å². The number of carbonyl (C=O) groups excluding carboxylic acids is 1. The Labute approximate surface area is 231 Å². The maximum atomic E-state index is 13.1. The molecule has 0 unspecified atom stereocenters. The molecule has 5 rings (SSSR count). The lowest BCUT2D eigenvalue weighted by atomic mass is 9.95. The van der Waals surface area contributed by atoms with Gasteiger partial charge in [0.2, 0.25) is 5.95 Å². The summed E-state index contributed by atoms with van der Waals surface area (Å²) in [5.74, 6) is -0.487. The summed E-state index contributed by atoms with van der Waals surface area (Å²) >= 11 is 7.16. The molecule has 0 amide bonds. The normalized spacial score (nSPS) is 12.5. The molecule has 0 radical (unpaired) electrons. The number of nitrogens with one attached hydrogen (secondary N) is 1. The van der Waals surface area contributed by atoms with Crippen molar-refractivity contribution in [2.24, 2.45) is 0 Å². The zero-order valence-electron chi connectivity index (χ0n) is 19.7. The van der Waals surface area contributed by atoms with Crippen LogP contribution in [0.1, 0.15) is 34.1 Å². The van der Waals surface area contributed by atoms with E-state index in [0.29, 0.717) is 35.2 Å². The SMILES string of the molecule is CCOC(=O)c1c(Br)c2c(n1Cc1cccc(Br)c1)-c1nc(NS(=O)(=O)c3ccccc3)ncc1CC2. The highest BCUT2D eigenvalue weighted by Gasteiger charge is 2.32. The minimum Gasteiger partial charge on any atom is -0.461 e. The quantitative estimate of drug-likeness (QED) is 0.263. The number of benzene rings is 2. The molecule has 0 bridgehead atoms. The molecule has 1 N–H and O–H groups in total. The standard InChI is InChI=1S/C26H22Br2N4O4S/c1-2-36-25(33)24-21(28)20-12-11-17-14-29-26(31-37(34,35)19-9-4-3-5-10-19)30-22(17)23(20)32(24)15-16-7-6-8-18(27)13-16/h3-10,13-14H,2,11-12,15H2,1H3,(H,29,30,31). The van der Waals surface area contributed by atoms with Crippen LogP contribution in [0.5, 0.6) is 0 Å². The molecule has 4 aromatic rings. The zero-order valence-corrected chi connectivity index (χ0v) is 23.7. The zero-order chi connectivity index (χ0) is 26.2. The number of aromatic nitrogens is 3. The van der Waals surface area contributed by atoms with Gasteiger partial charge in [0.15, 0.2) is 0 Å². The molecule has 2 aromatic carbocycles. The molecule has 0 fully saturated rings. The van der Waals surface area contributed by atoms with Gasteiger partial charge in [-0.3, -0.25) is 0 Å². The first-order chi connectivity index (χ1) is 17.8. The van der Waals surface area contributed by atoms with Crippen LogP contribution >= 0.6 is 31.9 Å². The highest BCUT2D eigenvalue weighted by atomic mass is 79.9. The average Bonchev–Trinajstić information content (AvgIpc) is 3.16. The van der Waals surface area contributed by atoms with Crippen molar-refractivity contribution in [3.05, 3.63) is 92.1 Å². The number of aryl methyl sites for hydroxylation is 1. The van der Waals surface area contributed by atoms with Crippen molar-refractivity contribution >= 4 is 53.8 Å². The van der Waals surface area contributed by atoms with E-state index in [4.69, 9.17) is 4.74 Å². The number of hydrogen-bond donors (Lipinski definition) is 1. The number of carbonyl (C=O) groups is 1. The fourth-order valence-electron chi connectivity index (χ4n) is 4.40. The van der Waals surface area contributed by atoms with E-state index < -0.39 is 16.0 Å². The highest BCUT2D eigenvalue weighted by Crippen LogP contribution is 2.41. The maximum Gasteiger partial charge on any atom is 0.356 e. The summed E-state index contributed by atoms with van der Waals surface area (Å²) < 4.78 is 37.2. The van der Waals surface area contributed by atoms with Crippen molar-refractivity contribution in [3.63, 3.8) is 0 Å². The lowest BCUT2D eigenvalue weighted by Crippen LogP contribution is -2.18. The lowest BCUT2D eigenvalue weighted by molar-refractivity contribution is 0.0513. The Balaban J connectivity index is 1.64. The minimum atomic E-state index is -3.87. The van der Waals surface area contributed by atoms with E-state index in [9.17, 15) is 13.2 Å². The van der Waals surface area contributed by atoms with Crippen LogP contribution in [0.2, 0.25) is 0 Å². The molecule has 2 aromatic heterocycles. The van der Waals surface area contributed by atoms with Gasteiger partial charge in [0.25, 0.3) is 10.0 Å². The minimum absolute atomic E-state index is 0.0422. The molecule has 0 saturated heterocycles. The topological polar surface area (TPSA) is 103 Å². The molecule has 1 aliphatic rings. The predicted molar refractivity (Wildman–Crippen MR) is 147 cm³/mol. The van der Waals surface area contributed by atoms with E-state index in [-0.39, 0.29) is 17.5 Å². The van der Waals surface area contributed by atoms with Crippen molar-refractivity contribution in [2.75, 3.05) is 11.3 Å². The summed E-state index contributed by atoms with van der Waals surface area (Å²) in [6.07, 6.45) is 2.96. The van der Waals surface area contributed by atoms with Gasteiger partial charge in [-0.1, -0.05) is 46.3 Å². The fraction of sp³-hybridized carbons (Fsp3) is 0.192. The first kappa shape index (κ1) is 25.6. The summed E-state index contributed by atoms with van der Waals surface area (Å²) in [6, 6.07) is 15.9. The Morgan fingerprint density at radius 1 is 1.11 bits per heavy atom. The predicted octanol–water partition coefficient (Wildman–Crippen LogP) is 5.59. The third kappa shape index (κ3) is 5.07. The van der Waals surface area contributed by atoms with Crippen LogP contribution in [0.3, 0.4) is 0 Å². The second kappa shape index (κ2) is 10.4. The summed E-state index contributed by atoms with van der Waals surface area (Å²) in [7, 11) is -3.87. The van der Waals surface area contributed by atoms with Gasteiger partial charge in [-0.25, -0.2) is 27.9 Å². The number of rotatable bonds is 7. The molecule has 0 spiro atoms. The number of hydrogen-bond acceptors (Lipinski definition) is 6. The average molecular weight is 646 g/mol. The van der Waals surface area contributed by atoms with Crippen molar-refractivity contribution in [1.82, 2.24) is 14.5 Å². The molecule has 11 heteroatoms. The van der Waals surface area contributed by atoms with Gasteiger partial charge in [-0.15, -0.1) is 0 Å². The smallest absolute Gasteiger partial charge is 0.356 e. The first-order valence-electron chi connectivity index (χ1n) is 11.5. The molecule has 0 atom stereocenters. The number of esters is 1. The van der Waals surface area contributed by atoms with Crippen molar-refractivity contribution in [3.8, 4) is 11.4 Å². The second-order valence-corrected chi connectivity index (χ2v) is 11.8. The van der Waals surface area contributed by atoms with E-state index in [2.05, 4.69) is 46.5 Å². The number of sulfonamides is 1. The van der Waals surface area contributed by atoms with Crippen LogP contribution in [-0.4, -0.2) is 35.5 Å². The second-order valence-electron chi connectivity index (χ2n) is 8.41. The molecule has 190 valence electrons. The first-order valence-corrected chi connectivity index (χ1v) is 14.6. The van der Waals surface area contributed by atoms with E-state index in [1.807, 2.05) is 28.8 Å². The van der Waals surface area contributed by atoms with E-state index in [1.54, 1.807) is 31.3 Å². The third-order valence-electron chi connectivity index (χ3n) is 6.01. The van der Waals surface area contributed by atoms with Crippen LogP contribution in [0.4, 0.5) is 5.95 Å². The number of ether oxygens (including phenoxy) is 1. The van der Waals surface area contributed by atoms with Crippen molar-refractivity contribution < 1.29 is 17.9 Å². The van der Waals surface area contributed by atoms with Gasteiger partial charge in [0, 0.05) is 17.2 Å². The molecule has 0 saturated carbocycles. The monoisotopic (exact) mass is 644 g/mol. The van der Waals surface area contributed by atoms with Gasteiger partial charge >= 0.3 is 5.97 Å². The Morgan fingerprint density at radius 3 is 2.62 bits per heavy atom. The molecular weight excluding hydrogens is 624 g/mol. The summed E-state index contributed by atoms with van der Waals surface area (Å²) in [4.78, 5) is 22.1. The van der Waals surface area contributed by atoms with Gasteiger partial charge < -0.3 is 9.30 Å². The lowest BCUT2D eigenvalue weighted by Gasteiger charge is -2.20. The Morgan fingerprint density at radius 2 is 1.89 bits per heavy atom. The van der Waals surface area contributed by atoms with E-state index in [1.165, 1.54) is 12.1 Å². The molecule has 2 heterocycles. The summed E-state index contributed by atoms with van der Waals surface area (Å²) in [5, 5.41) is 0. The Kier molecular flexibility index (Phi) is 7.19. The number of nitrogens with zero attached hydrogens (tertiary/aromatic N) is 3. The number of anilines is 1. The van der Waals surface area contributed by atoms with Gasteiger partial charge in [-0.2, -0.15) is 0 Å². The van der Waals surface area contributed by atoms with Gasteiger partial charge in [-0.05, 0) is 76.7 Å². The van der Waals surface area contributed by atoms with Crippen LogP contribution < -0.4 is 4.72 Å². The molecule has 1 aliphatic carbocycles. The maximum absolute atomic E-state index is 13.1. The summed E-state index contributed by atoms with van der Waals surface area (Å²) in [5.41, 5.74) is 4.46. The van der Waals surface area contributed by atoms with Crippen molar-refractivity contribution in [2.45, 2.75) is 31.2 Å². The van der Waals surface area contributed by atoms with Crippen LogP contribution in [0.25, 0.3) is 11.4 Å². The largest absolute Gasteiger partial charge is 0.461 e. The molecule has 0 aliphatic heterocycles. The highest BCUT2D eigenvalue weighted by molar-refractivity contribution is 9.10. The summed E-state index contributed by atoms with van der Waals surface area (Å²) in [6.45, 7) is 2.39. The van der Waals surface area contributed by atoms with Crippen LogP contribution in [0.15, 0.2) is 74.6 Å². The molecule has 8 nitrogen and oxygen atoms in total. The Hall–Kier alpha value is -3.02. The number of halogens is 2. The third-order valence-corrected chi connectivity index (χ3v) is 8.70. The fourth-order valence-corrected chi connectivity index (χ4v) is 6.58. The van der Waals surface area contributed by atoms with Gasteiger partial charge in [0.1, 0.15) is 5.69 Å².